The maximum Gasteiger partial charge on any atom is 0.157 e. The monoisotopic (exact) mass is 397 g/mol. The molecule has 0 unspecified atom stereocenters. The number of hydrogen-bond acceptors (Lipinski definition) is 5. The summed E-state index contributed by atoms with van der Waals surface area (Å²) in [6, 6.07) is 5.37. The Bertz CT molecular complexity index is 785. The van der Waals surface area contributed by atoms with E-state index in [0.717, 1.165) is 12.0 Å². The molecule has 1 aromatic heterocycles. The number of ether oxygens (including phenoxy) is 2. The van der Waals surface area contributed by atoms with Crippen molar-refractivity contribution in [2.45, 2.75) is 33.0 Å². The van der Waals surface area contributed by atoms with Gasteiger partial charge in [0.1, 0.15) is 18.4 Å². The Morgan fingerprint density at radius 1 is 1.31 bits per heavy atom. The lowest BCUT2D eigenvalue weighted by atomic mass is 9.87. The summed E-state index contributed by atoms with van der Waals surface area (Å²) in [5.74, 6) is 0.156. The molecule has 140 valence electrons. The molecule has 0 saturated carbocycles. The molecule has 0 atom stereocenters. The van der Waals surface area contributed by atoms with E-state index in [0.29, 0.717) is 35.4 Å². The summed E-state index contributed by atoms with van der Waals surface area (Å²) in [5, 5.41) is 16.2. The Morgan fingerprint density at radius 2 is 2.04 bits per heavy atom. The van der Waals surface area contributed by atoms with Crippen LogP contribution in [0.4, 0.5) is 0 Å². The van der Waals surface area contributed by atoms with Gasteiger partial charge in [-0.2, -0.15) is 5.10 Å². The van der Waals surface area contributed by atoms with Crippen LogP contribution in [-0.4, -0.2) is 39.4 Å². The molecule has 0 aliphatic carbocycles. The van der Waals surface area contributed by atoms with Crippen LogP contribution in [0.3, 0.4) is 0 Å². The third-order valence-electron chi connectivity index (χ3n) is 4.40. The maximum atomic E-state index is 11.1. The predicted molar refractivity (Wildman–Crippen MR) is 100 cm³/mol. The number of rotatable bonds is 5. The van der Waals surface area contributed by atoms with Crippen LogP contribution in [0.1, 0.15) is 25.8 Å². The fraction of sp³-hybridized carbons (Fsp3) is 0.444. The summed E-state index contributed by atoms with van der Waals surface area (Å²) in [6.45, 7) is 4.61. The molecule has 1 saturated heterocycles. The number of nitrogens with zero attached hydrogens (tertiary/aromatic N) is 3. The molecule has 2 aromatic rings. The van der Waals surface area contributed by atoms with E-state index in [-0.39, 0.29) is 12.0 Å². The van der Waals surface area contributed by atoms with E-state index in [9.17, 15) is 5.11 Å². The minimum Gasteiger partial charge on any atom is -0.510 e. The van der Waals surface area contributed by atoms with Gasteiger partial charge in [-0.1, -0.05) is 36.2 Å². The van der Waals surface area contributed by atoms with Gasteiger partial charge in [0.05, 0.1) is 34.4 Å². The van der Waals surface area contributed by atoms with E-state index >= 15 is 0 Å². The lowest BCUT2D eigenvalue weighted by Gasteiger charge is -2.37. The number of benzene rings is 1. The van der Waals surface area contributed by atoms with Gasteiger partial charge in [-0.25, -0.2) is 9.67 Å². The molecular formula is C18H21Cl2N3O3. The van der Waals surface area contributed by atoms with Gasteiger partial charge in [-0.05, 0) is 31.0 Å². The van der Waals surface area contributed by atoms with Gasteiger partial charge in [-0.15, -0.1) is 0 Å². The topological polar surface area (TPSA) is 69.4 Å². The number of aliphatic hydroxyl groups excluding tert-OH is 1. The summed E-state index contributed by atoms with van der Waals surface area (Å²) >= 11 is 12.1. The van der Waals surface area contributed by atoms with Crippen LogP contribution in [0.25, 0.3) is 5.70 Å². The third kappa shape index (κ3) is 4.04. The first kappa shape index (κ1) is 19.2. The summed E-state index contributed by atoms with van der Waals surface area (Å²) < 4.78 is 13.0. The molecule has 6 nitrogen and oxygen atoms in total. The fourth-order valence-corrected chi connectivity index (χ4v) is 3.15. The zero-order valence-electron chi connectivity index (χ0n) is 14.7. The molecule has 1 aliphatic rings. The van der Waals surface area contributed by atoms with Crippen molar-refractivity contribution in [2.24, 2.45) is 5.41 Å². The summed E-state index contributed by atoms with van der Waals surface area (Å²) in [5.41, 5.74) is 0.804. The summed E-state index contributed by atoms with van der Waals surface area (Å²) in [6.07, 6.45) is 3.90. The highest BCUT2D eigenvalue weighted by Gasteiger charge is 2.38. The first-order valence-electron chi connectivity index (χ1n) is 8.37. The standard InChI is InChI=1S/C18H21Cl2N3O3/c1-3-16-25-8-18(2,9-26-16)17(24)15(23-11-21-10-22-23)7-12-4-5-13(19)14(20)6-12/h4-6,10-11,16,24H,3,7-9H2,1-2H3/b17-15+. The highest BCUT2D eigenvalue weighted by molar-refractivity contribution is 6.42. The van der Waals surface area contributed by atoms with E-state index < -0.39 is 5.41 Å². The van der Waals surface area contributed by atoms with Gasteiger partial charge in [0.25, 0.3) is 0 Å². The lowest BCUT2D eigenvalue weighted by molar-refractivity contribution is -0.222. The number of aliphatic hydroxyl groups is 1. The Kier molecular flexibility index (Phi) is 5.87. The molecule has 0 radical (unpaired) electrons. The van der Waals surface area contributed by atoms with E-state index in [1.54, 1.807) is 23.1 Å². The average molecular weight is 398 g/mol. The van der Waals surface area contributed by atoms with Gasteiger partial charge in [0.2, 0.25) is 0 Å². The van der Waals surface area contributed by atoms with Crippen molar-refractivity contribution in [1.29, 1.82) is 0 Å². The highest BCUT2D eigenvalue weighted by atomic mass is 35.5. The van der Waals surface area contributed by atoms with Gasteiger partial charge in [0, 0.05) is 6.42 Å². The summed E-state index contributed by atoms with van der Waals surface area (Å²) in [7, 11) is 0. The van der Waals surface area contributed by atoms with Crippen molar-refractivity contribution < 1.29 is 14.6 Å². The average Bonchev–Trinajstić information content (AvgIpc) is 3.17. The van der Waals surface area contributed by atoms with Crippen molar-refractivity contribution in [1.82, 2.24) is 14.8 Å². The molecule has 8 heteroatoms. The molecule has 1 N–H and O–H groups in total. The second-order valence-electron chi connectivity index (χ2n) is 6.58. The van der Waals surface area contributed by atoms with Crippen LogP contribution in [0, 0.1) is 5.41 Å². The smallest absolute Gasteiger partial charge is 0.157 e. The van der Waals surface area contributed by atoms with Gasteiger partial charge < -0.3 is 14.6 Å². The number of aromatic nitrogens is 3. The molecule has 1 fully saturated rings. The zero-order valence-corrected chi connectivity index (χ0v) is 16.2. The van der Waals surface area contributed by atoms with Gasteiger partial charge in [-0.3, -0.25) is 0 Å². The third-order valence-corrected chi connectivity index (χ3v) is 5.14. The van der Waals surface area contributed by atoms with Gasteiger partial charge >= 0.3 is 0 Å². The lowest BCUT2D eigenvalue weighted by Crippen LogP contribution is -2.41. The molecule has 1 aliphatic heterocycles. The Balaban J connectivity index is 1.95. The second kappa shape index (κ2) is 7.96. The molecule has 1 aromatic carbocycles. The van der Waals surface area contributed by atoms with Crippen LogP contribution in [0.15, 0.2) is 36.6 Å². The molecule has 26 heavy (non-hydrogen) atoms. The van der Waals surface area contributed by atoms with Crippen molar-refractivity contribution in [3.05, 3.63) is 52.2 Å². The maximum absolute atomic E-state index is 11.1. The van der Waals surface area contributed by atoms with E-state index in [4.69, 9.17) is 32.7 Å². The first-order chi connectivity index (χ1) is 12.4. The van der Waals surface area contributed by atoms with E-state index in [2.05, 4.69) is 10.1 Å². The van der Waals surface area contributed by atoms with Crippen LogP contribution in [0.2, 0.25) is 10.0 Å². The Morgan fingerprint density at radius 3 is 2.62 bits per heavy atom. The van der Waals surface area contributed by atoms with Crippen molar-refractivity contribution in [3.8, 4) is 0 Å². The number of hydrogen-bond donors (Lipinski definition) is 1. The Hall–Kier alpha value is -1.60. The van der Waals surface area contributed by atoms with Crippen molar-refractivity contribution in [2.75, 3.05) is 13.2 Å². The predicted octanol–water partition coefficient (Wildman–Crippen LogP) is 4.34. The largest absolute Gasteiger partial charge is 0.510 e. The van der Waals surface area contributed by atoms with Crippen LogP contribution in [-0.2, 0) is 15.9 Å². The molecule has 0 amide bonds. The number of allylic oxidation sites excluding steroid dienone is 1. The minimum absolute atomic E-state index is 0.156. The quantitative estimate of drug-likeness (QED) is 0.759. The summed E-state index contributed by atoms with van der Waals surface area (Å²) in [4.78, 5) is 3.99. The first-order valence-corrected chi connectivity index (χ1v) is 9.13. The van der Waals surface area contributed by atoms with Gasteiger partial charge in [0.15, 0.2) is 6.29 Å². The molecule has 0 spiro atoms. The van der Waals surface area contributed by atoms with Crippen LogP contribution in [0.5, 0.6) is 0 Å². The highest BCUT2D eigenvalue weighted by Crippen LogP contribution is 2.35. The number of halogens is 2. The van der Waals surface area contributed by atoms with Crippen LogP contribution < -0.4 is 0 Å². The Labute approximate surface area is 162 Å². The molecule has 3 rings (SSSR count). The van der Waals surface area contributed by atoms with E-state index in [1.807, 2.05) is 19.9 Å². The molecular weight excluding hydrogens is 377 g/mol. The minimum atomic E-state index is -0.677. The SMILES string of the molecule is CCC1OCC(C)(/C(O)=C(/Cc2ccc(Cl)c(Cl)c2)n2cncn2)CO1. The normalized spacial score (nSPS) is 24.4. The second-order valence-corrected chi connectivity index (χ2v) is 7.40. The van der Waals surface area contributed by atoms with Crippen LogP contribution >= 0.6 is 23.2 Å². The zero-order chi connectivity index (χ0) is 18.7. The van der Waals surface area contributed by atoms with E-state index in [1.165, 1.54) is 6.33 Å². The van der Waals surface area contributed by atoms with Crippen molar-refractivity contribution in [3.63, 3.8) is 0 Å². The molecule has 2 heterocycles. The molecule has 0 bridgehead atoms. The van der Waals surface area contributed by atoms with Crippen molar-refractivity contribution >= 4 is 28.9 Å². The fourth-order valence-electron chi connectivity index (χ4n) is 2.83.